The molecule has 1 aliphatic carbocycles. The first kappa shape index (κ1) is 15.4. The summed E-state index contributed by atoms with van der Waals surface area (Å²) >= 11 is 14.1. The lowest BCUT2D eigenvalue weighted by molar-refractivity contribution is 0.0910. The minimum absolute atomic E-state index is 0.0473. The van der Waals surface area contributed by atoms with Crippen LogP contribution in [0, 0.1) is 9.49 Å². The highest BCUT2D eigenvalue weighted by Gasteiger charge is 2.26. The van der Waals surface area contributed by atoms with Gasteiger partial charge in [-0.2, -0.15) is 0 Å². The Bertz CT molecular complexity index is 467. The fourth-order valence-corrected chi connectivity index (χ4v) is 3.62. The third-order valence-electron chi connectivity index (χ3n) is 3.60. The molecule has 1 aromatic rings. The van der Waals surface area contributed by atoms with Crippen molar-refractivity contribution in [2.24, 2.45) is 5.92 Å². The molecular formula is C14H16Cl2INO. The highest BCUT2D eigenvalue weighted by atomic mass is 127. The normalized spacial score (nSPS) is 23.1. The first-order valence-corrected chi connectivity index (χ1v) is 8.43. The van der Waals surface area contributed by atoms with Crippen LogP contribution in [0.3, 0.4) is 0 Å². The summed E-state index contributed by atoms with van der Waals surface area (Å²) in [5, 5.41) is 3.70. The fourth-order valence-electron chi connectivity index (χ4n) is 2.50. The molecule has 2 unspecified atom stereocenters. The maximum atomic E-state index is 12.3. The predicted octanol–water partition coefficient (Wildman–Crippen LogP) is 4.47. The largest absolute Gasteiger partial charge is 0.349 e. The molecule has 19 heavy (non-hydrogen) atoms. The summed E-state index contributed by atoms with van der Waals surface area (Å²) in [6.45, 7) is 0. The van der Waals surface area contributed by atoms with Crippen molar-refractivity contribution in [3.63, 3.8) is 0 Å². The van der Waals surface area contributed by atoms with Crippen LogP contribution in [0.1, 0.15) is 36.0 Å². The minimum atomic E-state index is -0.0473. The van der Waals surface area contributed by atoms with Crippen LogP contribution >= 0.6 is 45.8 Å². The summed E-state index contributed by atoms with van der Waals surface area (Å²) in [6.07, 6.45) is 4.48. The summed E-state index contributed by atoms with van der Waals surface area (Å²) in [5.41, 5.74) is 0.645. The third kappa shape index (κ3) is 3.99. The fraction of sp³-hybridized carbons (Fsp3) is 0.500. The van der Waals surface area contributed by atoms with Crippen molar-refractivity contribution in [2.45, 2.75) is 31.7 Å². The van der Waals surface area contributed by atoms with Gasteiger partial charge in [0.25, 0.3) is 5.91 Å². The van der Waals surface area contributed by atoms with E-state index in [1.54, 1.807) is 12.1 Å². The van der Waals surface area contributed by atoms with Crippen molar-refractivity contribution in [1.29, 1.82) is 0 Å². The van der Waals surface area contributed by atoms with Gasteiger partial charge < -0.3 is 5.32 Å². The number of rotatable bonds is 3. The molecule has 1 aromatic carbocycles. The van der Waals surface area contributed by atoms with Crippen LogP contribution in [-0.2, 0) is 0 Å². The van der Waals surface area contributed by atoms with Crippen LogP contribution < -0.4 is 5.32 Å². The van der Waals surface area contributed by atoms with Gasteiger partial charge in [-0.25, -0.2) is 0 Å². The maximum absolute atomic E-state index is 12.3. The van der Waals surface area contributed by atoms with E-state index in [0.29, 0.717) is 22.4 Å². The molecule has 2 atom stereocenters. The summed E-state index contributed by atoms with van der Waals surface area (Å²) in [5.74, 6) is 0.947. The number of nitrogens with one attached hydrogen (secondary N) is 1. The third-order valence-corrected chi connectivity index (χ3v) is 5.17. The van der Waals surface area contributed by atoms with Crippen LogP contribution in [0.2, 0.25) is 5.02 Å². The van der Waals surface area contributed by atoms with Crippen molar-refractivity contribution in [1.82, 2.24) is 5.32 Å². The molecule has 1 N–H and O–H groups in total. The first-order chi connectivity index (χ1) is 9.11. The van der Waals surface area contributed by atoms with Gasteiger partial charge in [0.1, 0.15) is 0 Å². The molecule has 1 saturated carbocycles. The van der Waals surface area contributed by atoms with Crippen molar-refractivity contribution < 1.29 is 4.79 Å². The van der Waals surface area contributed by atoms with Crippen molar-refractivity contribution in [2.75, 3.05) is 5.88 Å². The van der Waals surface area contributed by atoms with Gasteiger partial charge >= 0.3 is 0 Å². The summed E-state index contributed by atoms with van der Waals surface area (Å²) in [7, 11) is 0. The van der Waals surface area contributed by atoms with E-state index in [1.165, 1.54) is 6.42 Å². The number of halogens is 3. The summed E-state index contributed by atoms with van der Waals surface area (Å²) < 4.78 is 0.915. The van der Waals surface area contributed by atoms with Gasteiger partial charge in [0.15, 0.2) is 0 Å². The highest BCUT2D eigenvalue weighted by molar-refractivity contribution is 14.1. The smallest absolute Gasteiger partial charge is 0.252 e. The number of amides is 1. The van der Waals surface area contributed by atoms with E-state index in [-0.39, 0.29) is 11.9 Å². The van der Waals surface area contributed by atoms with Gasteiger partial charge in [0.05, 0.1) is 5.56 Å². The number of carbonyl (C=O) groups is 1. The zero-order valence-electron chi connectivity index (χ0n) is 10.5. The standard InChI is InChI=1S/C14H16Cl2INO/c15-8-9-3-1-2-4-13(9)18-14(19)11-7-10(16)5-6-12(11)17/h5-7,9,13H,1-4,8H2,(H,18,19). The Balaban J connectivity index is 2.09. The molecule has 1 amide bonds. The molecule has 2 nitrogen and oxygen atoms in total. The van der Waals surface area contributed by atoms with Crippen LogP contribution in [0.15, 0.2) is 18.2 Å². The van der Waals surface area contributed by atoms with Crippen LogP contribution in [0.4, 0.5) is 0 Å². The molecule has 0 spiro atoms. The second-order valence-electron chi connectivity index (χ2n) is 4.90. The second-order valence-corrected chi connectivity index (χ2v) is 6.81. The Morgan fingerprint density at radius 2 is 2.11 bits per heavy atom. The SMILES string of the molecule is O=C(NC1CCCCC1CCl)c1cc(Cl)ccc1I. The number of hydrogen-bond donors (Lipinski definition) is 1. The second kappa shape index (κ2) is 7.14. The molecule has 0 aliphatic heterocycles. The monoisotopic (exact) mass is 411 g/mol. The molecule has 104 valence electrons. The molecular weight excluding hydrogens is 396 g/mol. The van der Waals surface area contributed by atoms with Crippen LogP contribution in [-0.4, -0.2) is 17.8 Å². The number of alkyl halides is 1. The maximum Gasteiger partial charge on any atom is 0.252 e. The molecule has 0 bridgehead atoms. The summed E-state index contributed by atoms with van der Waals surface area (Å²) in [4.78, 5) is 12.3. The molecule has 0 radical (unpaired) electrons. The van der Waals surface area contributed by atoms with E-state index in [4.69, 9.17) is 23.2 Å². The Morgan fingerprint density at radius 3 is 2.84 bits per heavy atom. The molecule has 0 heterocycles. The van der Waals surface area contributed by atoms with Crippen LogP contribution in [0.5, 0.6) is 0 Å². The van der Waals surface area contributed by atoms with Crippen LogP contribution in [0.25, 0.3) is 0 Å². The number of carbonyl (C=O) groups excluding carboxylic acids is 1. The highest BCUT2D eigenvalue weighted by Crippen LogP contribution is 2.26. The Labute approximate surface area is 137 Å². The van der Waals surface area contributed by atoms with Gasteiger partial charge in [-0.15, -0.1) is 11.6 Å². The van der Waals surface area contributed by atoms with E-state index < -0.39 is 0 Å². The van der Waals surface area contributed by atoms with Gasteiger partial charge in [0, 0.05) is 20.5 Å². The van der Waals surface area contributed by atoms with Gasteiger partial charge in [-0.05, 0) is 59.5 Å². The number of hydrogen-bond acceptors (Lipinski definition) is 1. The van der Waals surface area contributed by atoms with E-state index >= 15 is 0 Å². The lowest BCUT2D eigenvalue weighted by atomic mass is 9.85. The Morgan fingerprint density at radius 1 is 1.37 bits per heavy atom. The predicted molar refractivity (Wildman–Crippen MR) is 88.1 cm³/mol. The summed E-state index contributed by atoms with van der Waals surface area (Å²) in [6, 6.07) is 5.56. The quantitative estimate of drug-likeness (QED) is 0.576. The lowest BCUT2D eigenvalue weighted by Gasteiger charge is -2.30. The van der Waals surface area contributed by atoms with Gasteiger partial charge in [0.2, 0.25) is 0 Å². The molecule has 1 fully saturated rings. The van der Waals surface area contributed by atoms with E-state index in [2.05, 4.69) is 27.9 Å². The lowest BCUT2D eigenvalue weighted by Crippen LogP contribution is -2.43. The molecule has 0 saturated heterocycles. The van der Waals surface area contributed by atoms with Gasteiger partial charge in [-0.3, -0.25) is 4.79 Å². The van der Waals surface area contributed by atoms with E-state index in [9.17, 15) is 4.79 Å². The topological polar surface area (TPSA) is 29.1 Å². The zero-order valence-corrected chi connectivity index (χ0v) is 14.1. The van der Waals surface area contributed by atoms with Gasteiger partial charge in [-0.1, -0.05) is 24.4 Å². The minimum Gasteiger partial charge on any atom is -0.349 e. The van der Waals surface area contributed by atoms with E-state index in [0.717, 1.165) is 22.8 Å². The molecule has 1 aliphatic rings. The Hall–Kier alpha value is -0.000000000000000111. The number of benzene rings is 1. The average molecular weight is 412 g/mol. The molecule has 0 aromatic heterocycles. The van der Waals surface area contributed by atoms with Crippen molar-refractivity contribution in [3.8, 4) is 0 Å². The van der Waals surface area contributed by atoms with E-state index in [1.807, 2.05) is 6.07 Å². The average Bonchev–Trinajstić information content (AvgIpc) is 2.42. The Kier molecular flexibility index (Phi) is 5.78. The van der Waals surface area contributed by atoms with Crippen molar-refractivity contribution >= 4 is 51.7 Å². The molecule has 5 heteroatoms. The van der Waals surface area contributed by atoms with Crippen molar-refractivity contribution in [3.05, 3.63) is 32.4 Å². The molecule has 2 rings (SSSR count). The zero-order chi connectivity index (χ0) is 13.8. The first-order valence-electron chi connectivity index (χ1n) is 6.43.